The summed E-state index contributed by atoms with van der Waals surface area (Å²) in [6.07, 6.45) is 5.08. The number of hydrogen-bond donors (Lipinski definition) is 0. The molecule has 0 atom stereocenters. The van der Waals surface area contributed by atoms with Gasteiger partial charge in [-0.1, -0.05) is 45.0 Å². The van der Waals surface area contributed by atoms with Crippen molar-refractivity contribution in [1.29, 1.82) is 0 Å². The Morgan fingerprint density at radius 3 is 2.52 bits per heavy atom. The van der Waals surface area contributed by atoms with Crippen LogP contribution in [-0.4, -0.2) is 20.7 Å². The summed E-state index contributed by atoms with van der Waals surface area (Å²) in [6.45, 7) is 6.73. The first-order chi connectivity index (χ1) is 11.9. The van der Waals surface area contributed by atoms with Crippen molar-refractivity contribution in [1.82, 2.24) is 14.8 Å². The van der Waals surface area contributed by atoms with Crippen LogP contribution in [0.25, 0.3) is 5.69 Å². The molecule has 0 aliphatic carbocycles. The number of carbonyl (C=O) groups excluding carboxylic acids is 1. The average Bonchev–Trinajstić information content (AvgIpc) is 3.10. The lowest BCUT2D eigenvalue weighted by molar-refractivity contribution is 0.0465. The molecule has 2 heterocycles. The highest BCUT2D eigenvalue weighted by Gasteiger charge is 2.14. The van der Waals surface area contributed by atoms with Crippen LogP contribution in [0.1, 0.15) is 42.4 Å². The molecule has 25 heavy (non-hydrogen) atoms. The molecule has 3 rings (SSSR count). The van der Waals surface area contributed by atoms with Crippen LogP contribution in [0.5, 0.6) is 0 Å². The molecular weight excluding hydrogens is 314 g/mol. The number of esters is 1. The first-order valence-corrected chi connectivity index (χ1v) is 8.16. The summed E-state index contributed by atoms with van der Waals surface area (Å²) in [5.74, 6) is -0.442. The molecule has 0 bridgehead atoms. The van der Waals surface area contributed by atoms with Crippen LogP contribution < -0.4 is 0 Å². The molecule has 3 aromatic rings. The predicted octanol–water partition coefficient (Wildman–Crippen LogP) is 3.92. The van der Waals surface area contributed by atoms with Crippen LogP contribution >= 0.6 is 0 Å². The summed E-state index contributed by atoms with van der Waals surface area (Å²) >= 11 is 0. The second kappa shape index (κ2) is 6.89. The van der Waals surface area contributed by atoms with Gasteiger partial charge in [-0.05, 0) is 34.7 Å². The van der Waals surface area contributed by atoms with E-state index in [1.807, 2.05) is 24.3 Å². The molecule has 0 N–H and O–H groups in total. The largest absolute Gasteiger partial charge is 0.456 e. The molecule has 0 radical (unpaired) electrons. The van der Waals surface area contributed by atoms with Gasteiger partial charge in [0.1, 0.15) is 6.61 Å². The van der Waals surface area contributed by atoms with Gasteiger partial charge in [-0.25, -0.2) is 9.48 Å². The average molecular weight is 335 g/mol. The second-order valence-electron chi connectivity index (χ2n) is 6.88. The lowest BCUT2D eigenvalue weighted by atomic mass is 9.87. The van der Waals surface area contributed by atoms with Gasteiger partial charge < -0.3 is 4.74 Å². The van der Waals surface area contributed by atoms with Gasteiger partial charge in [0.2, 0.25) is 0 Å². The smallest absolute Gasteiger partial charge is 0.359 e. The van der Waals surface area contributed by atoms with Crippen molar-refractivity contribution < 1.29 is 9.53 Å². The van der Waals surface area contributed by atoms with E-state index < -0.39 is 5.97 Å². The minimum absolute atomic E-state index is 0.105. The standard InChI is InChI=1S/C20H21N3O2/c1-20(2,3)16-8-6-15(7-9-16)14-25-19(24)18-10-12-23(22-18)17-5-4-11-21-13-17/h4-13H,14H2,1-3H3. The highest BCUT2D eigenvalue weighted by atomic mass is 16.5. The maximum absolute atomic E-state index is 12.2. The maximum atomic E-state index is 12.2. The Kier molecular flexibility index (Phi) is 4.65. The monoisotopic (exact) mass is 335 g/mol. The quantitative estimate of drug-likeness (QED) is 0.678. The van der Waals surface area contributed by atoms with Crippen LogP contribution in [0.15, 0.2) is 61.1 Å². The zero-order valence-corrected chi connectivity index (χ0v) is 14.6. The molecule has 0 saturated heterocycles. The number of nitrogens with zero attached hydrogens (tertiary/aromatic N) is 3. The lowest BCUT2D eigenvalue weighted by Crippen LogP contribution is -2.11. The van der Waals surface area contributed by atoms with Crippen LogP contribution in [0.2, 0.25) is 0 Å². The van der Waals surface area contributed by atoms with Crippen LogP contribution in [-0.2, 0) is 16.8 Å². The SMILES string of the molecule is CC(C)(C)c1ccc(COC(=O)c2ccn(-c3cccnc3)n2)cc1. The fourth-order valence-electron chi connectivity index (χ4n) is 2.39. The van der Waals surface area contributed by atoms with E-state index in [2.05, 4.69) is 43.0 Å². The van der Waals surface area contributed by atoms with Gasteiger partial charge in [0.15, 0.2) is 5.69 Å². The van der Waals surface area contributed by atoms with Crippen molar-refractivity contribution in [3.05, 3.63) is 77.9 Å². The first-order valence-electron chi connectivity index (χ1n) is 8.16. The number of benzene rings is 1. The van der Waals surface area contributed by atoms with E-state index in [9.17, 15) is 4.79 Å². The molecule has 0 fully saturated rings. The summed E-state index contributed by atoms with van der Waals surface area (Å²) in [4.78, 5) is 16.2. The summed E-state index contributed by atoms with van der Waals surface area (Å²) in [5, 5.41) is 4.24. The first kappa shape index (κ1) is 16.9. The Bertz CT molecular complexity index is 847. The molecule has 0 spiro atoms. The van der Waals surface area contributed by atoms with Gasteiger partial charge in [-0.2, -0.15) is 5.10 Å². The minimum atomic E-state index is -0.442. The van der Waals surface area contributed by atoms with E-state index in [1.54, 1.807) is 29.3 Å². The van der Waals surface area contributed by atoms with E-state index in [4.69, 9.17) is 4.74 Å². The van der Waals surface area contributed by atoms with Gasteiger partial charge in [-0.3, -0.25) is 4.98 Å². The molecule has 128 valence electrons. The summed E-state index contributed by atoms with van der Waals surface area (Å²) < 4.78 is 6.96. The van der Waals surface area contributed by atoms with E-state index in [1.165, 1.54) is 5.56 Å². The van der Waals surface area contributed by atoms with E-state index in [-0.39, 0.29) is 17.7 Å². The molecule has 0 amide bonds. The molecule has 2 aromatic heterocycles. The minimum Gasteiger partial charge on any atom is -0.456 e. The Hall–Kier alpha value is -2.95. The van der Waals surface area contributed by atoms with Crippen molar-refractivity contribution >= 4 is 5.97 Å². The number of aromatic nitrogens is 3. The summed E-state index contributed by atoms with van der Waals surface area (Å²) in [6, 6.07) is 13.4. The summed E-state index contributed by atoms with van der Waals surface area (Å²) in [7, 11) is 0. The second-order valence-corrected chi connectivity index (χ2v) is 6.88. The van der Waals surface area contributed by atoms with Crippen molar-refractivity contribution in [3.63, 3.8) is 0 Å². The Morgan fingerprint density at radius 1 is 1.12 bits per heavy atom. The normalized spacial score (nSPS) is 11.3. The van der Waals surface area contributed by atoms with Crippen LogP contribution in [0.3, 0.4) is 0 Å². The molecule has 0 aliphatic rings. The van der Waals surface area contributed by atoms with E-state index >= 15 is 0 Å². The molecule has 1 aromatic carbocycles. The molecule has 0 saturated carbocycles. The fraction of sp³-hybridized carbons (Fsp3) is 0.250. The van der Waals surface area contributed by atoms with E-state index in [0.717, 1.165) is 11.3 Å². The fourth-order valence-corrected chi connectivity index (χ4v) is 2.39. The van der Waals surface area contributed by atoms with Crippen LogP contribution in [0.4, 0.5) is 0 Å². The number of pyridine rings is 1. The van der Waals surface area contributed by atoms with E-state index in [0.29, 0.717) is 0 Å². The highest BCUT2D eigenvalue weighted by molar-refractivity contribution is 5.87. The van der Waals surface area contributed by atoms with Crippen molar-refractivity contribution in [2.75, 3.05) is 0 Å². The van der Waals surface area contributed by atoms with Crippen molar-refractivity contribution in [2.24, 2.45) is 0 Å². The Labute approximate surface area is 147 Å². The third-order valence-electron chi connectivity index (χ3n) is 3.90. The van der Waals surface area contributed by atoms with Gasteiger partial charge in [0, 0.05) is 12.4 Å². The number of carbonyl (C=O) groups is 1. The lowest BCUT2D eigenvalue weighted by Gasteiger charge is -2.19. The third-order valence-corrected chi connectivity index (χ3v) is 3.90. The maximum Gasteiger partial charge on any atom is 0.359 e. The van der Waals surface area contributed by atoms with Gasteiger partial charge in [0.05, 0.1) is 11.9 Å². The highest BCUT2D eigenvalue weighted by Crippen LogP contribution is 2.22. The van der Waals surface area contributed by atoms with Gasteiger partial charge in [-0.15, -0.1) is 0 Å². The molecule has 0 aliphatic heterocycles. The number of ether oxygens (including phenoxy) is 1. The number of rotatable bonds is 4. The third kappa shape index (κ3) is 4.12. The Balaban J connectivity index is 1.62. The van der Waals surface area contributed by atoms with Gasteiger partial charge >= 0.3 is 5.97 Å². The zero-order valence-electron chi connectivity index (χ0n) is 14.6. The molecular formula is C20H21N3O2. The summed E-state index contributed by atoms with van der Waals surface area (Å²) in [5.41, 5.74) is 3.37. The molecule has 0 unspecified atom stereocenters. The molecule has 5 heteroatoms. The topological polar surface area (TPSA) is 57.0 Å². The Morgan fingerprint density at radius 2 is 1.88 bits per heavy atom. The van der Waals surface area contributed by atoms with Crippen molar-refractivity contribution in [2.45, 2.75) is 32.8 Å². The predicted molar refractivity (Wildman–Crippen MR) is 95.6 cm³/mol. The van der Waals surface area contributed by atoms with Crippen molar-refractivity contribution in [3.8, 4) is 5.69 Å². The molecule has 5 nitrogen and oxygen atoms in total. The zero-order chi connectivity index (χ0) is 17.9. The van der Waals surface area contributed by atoms with Gasteiger partial charge in [0.25, 0.3) is 0 Å². The van der Waals surface area contributed by atoms with Crippen LogP contribution in [0, 0.1) is 0 Å². The number of hydrogen-bond acceptors (Lipinski definition) is 4.